The zero-order valence-corrected chi connectivity index (χ0v) is 14.7. The van der Waals surface area contributed by atoms with Crippen molar-refractivity contribution < 1.29 is 9.59 Å². The Bertz CT molecular complexity index is 681. The van der Waals surface area contributed by atoms with E-state index in [2.05, 4.69) is 26.6 Å². The summed E-state index contributed by atoms with van der Waals surface area (Å²) in [5.41, 5.74) is 2.43. The van der Waals surface area contributed by atoms with Crippen molar-refractivity contribution in [3.8, 4) is 0 Å². The molecular formula is C18H19BrN2O2. The van der Waals surface area contributed by atoms with Gasteiger partial charge >= 0.3 is 0 Å². The molecule has 0 aliphatic heterocycles. The van der Waals surface area contributed by atoms with Crippen LogP contribution in [0.1, 0.15) is 35.8 Å². The highest BCUT2D eigenvalue weighted by Crippen LogP contribution is 2.16. The summed E-state index contributed by atoms with van der Waals surface area (Å²) in [5, 5.41) is 5.99. The van der Waals surface area contributed by atoms with E-state index in [1.807, 2.05) is 31.2 Å². The predicted molar refractivity (Wildman–Crippen MR) is 95.6 cm³/mol. The second-order valence-corrected chi connectivity index (χ2v) is 6.25. The molecule has 5 heteroatoms. The molecule has 0 aliphatic carbocycles. The lowest BCUT2D eigenvalue weighted by atomic mass is 10.1. The van der Waals surface area contributed by atoms with E-state index < -0.39 is 0 Å². The quantitative estimate of drug-likeness (QED) is 0.752. The van der Waals surface area contributed by atoms with E-state index >= 15 is 0 Å². The van der Waals surface area contributed by atoms with Crippen molar-refractivity contribution in [2.75, 3.05) is 11.9 Å². The van der Waals surface area contributed by atoms with Crippen molar-refractivity contribution in [3.05, 3.63) is 64.1 Å². The lowest BCUT2D eigenvalue weighted by Crippen LogP contribution is -2.30. The topological polar surface area (TPSA) is 58.2 Å². The second kappa shape index (κ2) is 8.04. The first-order valence-electron chi connectivity index (χ1n) is 7.35. The van der Waals surface area contributed by atoms with E-state index in [9.17, 15) is 9.59 Å². The molecule has 0 radical (unpaired) electrons. The smallest absolute Gasteiger partial charge is 0.238 e. The fourth-order valence-electron chi connectivity index (χ4n) is 2.11. The molecule has 2 rings (SSSR count). The summed E-state index contributed by atoms with van der Waals surface area (Å²) >= 11 is 3.40. The van der Waals surface area contributed by atoms with Crippen LogP contribution in [0.5, 0.6) is 0 Å². The molecule has 2 aromatic carbocycles. The van der Waals surface area contributed by atoms with E-state index in [4.69, 9.17) is 0 Å². The van der Waals surface area contributed by atoms with E-state index in [0.717, 1.165) is 10.0 Å². The number of hydrogen-bond acceptors (Lipinski definition) is 3. The van der Waals surface area contributed by atoms with Gasteiger partial charge in [0.2, 0.25) is 5.91 Å². The van der Waals surface area contributed by atoms with Gasteiger partial charge in [-0.1, -0.05) is 28.1 Å². The van der Waals surface area contributed by atoms with E-state index in [1.165, 1.54) is 6.92 Å². The molecule has 0 saturated heterocycles. The Morgan fingerprint density at radius 1 is 1.04 bits per heavy atom. The zero-order chi connectivity index (χ0) is 16.8. The fraction of sp³-hybridized carbons (Fsp3) is 0.222. The van der Waals surface area contributed by atoms with Crippen molar-refractivity contribution in [2.45, 2.75) is 19.9 Å². The van der Waals surface area contributed by atoms with Gasteiger partial charge in [0.1, 0.15) is 0 Å². The highest BCUT2D eigenvalue weighted by molar-refractivity contribution is 9.10. The van der Waals surface area contributed by atoms with Gasteiger partial charge in [-0.05, 0) is 55.8 Å². The van der Waals surface area contributed by atoms with E-state index in [-0.39, 0.29) is 24.3 Å². The SMILES string of the molecule is CC(=O)c1ccc(NC(=O)CN[C@H](C)c2ccc(Br)cc2)cc1. The molecule has 1 amide bonds. The van der Waals surface area contributed by atoms with Gasteiger partial charge in [0.25, 0.3) is 0 Å². The standard InChI is InChI=1S/C18H19BrN2O2/c1-12(14-3-7-16(19)8-4-14)20-11-18(23)21-17-9-5-15(6-10-17)13(2)22/h3-10,12,20H,11H2,1-2H3,(H,21,23)/t12-/m1/s1. The number of halogens is 1. The number of hydrogen-bond donors (Lipinski definition) is 2. The summed E-state index contributed by atoms with van der Waals surface area (Å²) in [6.07, 6.45) is 0. The van der Waals surface area contributed by atoms with Gasteiger partial charge in [-0.15, -0.1) is 0 Å². The number of anilines is 1. The minimum absolute atomic E-state index is 0.00728. The van der Waals surface area contributed by atoms with Gasteiger partial charge in [0.15, 0.2) is 5.78 Å². The van der Waals surface area contributed by atoms with Gasteiger partial charge in [-0.2, -0.15) is 0 Å². The molecule has 0 fully saturated rings. The lowest BCUT2D eigenvalue weighted by Gasteiger charge is -2.14. The van der Waals surface area contributed by atoms with Crippen molar-refractivity contribution in [1.29, 1.82) is 0 Å². The van der Waals surface area contributed by atoms with Crippen molar-refractivity contribution >= 4 is 33.3 Å². The Hall–Kier alpha value is -1.98. The average Bonchev–Trinajstić information content (AvgIpc) is 2.54. The van der Waals surface area contributed by atoms with Crippen LogP contribution in [0.3, 0.4) is 0 Å². The Kier molecular flexibility index (Phi) is 6.07. The van der Waals surface area contributed by atoms with Crippen molar-refractivity contribution in [1.82, 2.24) is 5.32 Å². The van der Waals surface area contributed by atoms with Gasteiger partial charge in [0, 0.05) is 21.8 Å². The maximum atomic E-state index is 12.0. The predicted octanol–water partition coefficient (Wildman–Crippen LogP) is 3.94. The maximum absolute atomic E-state index is 12.0. The minimum Gasteiger partial charge on any atom is -0.325 e. The third kappa shape index (κ3) is 5.30. The molecule has 0 aromatic heterocycles. The highest BCUT2D eigenvalue weighted by atomic mass is 79.9. The van der Waals surface area contributed by atoms with Crippen LogP contribution in [0.15, 0.2) is 53.0 Å². The van der Waals surface area contributed by atoms with Crippen molar-refractivity contribution in [3.63, 3.8) is 0 Å². The Morgan fingerprint density at radius 2 is 1.65 bits per heavy atom. The number of amides is 1. The summed E-state index contributed by atoms with van der Waals surface area (Å²) in [5.74, 6) is -0.114. The average molecular weight is 375 g/mol. The summed E-state index contributed by atoms with van der Waals surface area (Å²) in [6.45, 7) is 3.74. The largest absolute Gasteiger partial charge is 0.325 e. The van der Waals surface area contributed by atoms with Crippen LogP contribution in [0.25, 0.3) is 0 Å². The summed E-state index contributed by atoms with van der Waals surface area (Å²) < 4.78 is 1.03. The molecule has 0 bridgehead atoms. The van der Waals surface area contributed by atoms with Crippen LogP contribution in [-0.4, -0.2) is 18.2 Å². The van der Waals surface area contributed by atoms with Gasteiger partial charge < -0.3 is 10.6 Å². The number of nitrogens with one attached hydrogen (secondary N) is 2. The van der Waals surface area contributed by atoms with Gasteiger partial charge in [0.05, 0.1) is 6.54 Å². The summed E-state index contributed by atoms with van der Waals surface area (Å²) in [7, 11) is 0. The van der Waals surface area contributed by atoms with Crippen LogP contribution in [0.2, 0.25) is 0 Å². The minimum atomic E-state index is -0.121. The third-order valence-corrected chi connectivity index (χ3v) is 4.04. The number of Topliss-reactive ketones (excluding diaryl/α,β-unsaturated/α-hetero) is 1. The number of rotatable bonds is 6. The summed E-state index contributed by atoms with van der Waals surface area (Å²) in [4.78, 5) is 23.2. The molecule has 2 N–H and O–H groups in total. The first kappa shape index (κ1) is 17.4. The number of benzene rings is 2. The molecule has 0 spiro atoms. The van der Waals surface area contributed by atoms with Crippen molar-refractivity contribution in [2.24, 2.45) is 0 Å². The first-order valence-corrected chi connectivity index (χ1v) is 8.14. The molecule has 0 heterocycles. The molecule has 1 atom stereocenters. The van der Waals surface area contributed by atoms with E-state index in [1.54, 1.807) is 24.3 Å². The number of carbonyl (C=O) groups excluding carboxylic acids is 2. The normalized spacial score (nSPS) is 11.8. The maximum Gasteiger partial charge on any atom is 0.238 e. The number of carbonyl (C=O) groups is 2. The fourth-order valence-corrected chi connectivity index (χ4v) is 2.37. The van der Waals surface area contributed by atoms with Gasteiger partial charge in [-0.25, -0.2) is 0 Å². The van der Waals surface area contributed by atoms with Crippen LogP contribution < -0.4 is 10.6 Å². The molecule has 0 saturated carbocycles. The molecule has 23 heavy (non-hydrogen) atoms. The monoisotopic (exact) mass is 374 g/mol. The zero-order valence-electron chi connectivity index (χ0n) is 13.1. The molecule has 4 nitrogen and oxygen atoms in total. The van der Waals surface area contributed by atoms with Crippen LogP contribution >= 0.6 is 15.9 Å². The lowest BCUT2D eigenvalue weighted by molar-refractivity contribution is -0.115. The molecule has 0 unspecified atom stereocenters. The molecular weight excluding hydrogens is 356 g/mol. The van der Waals surface area contributed by atoms with E-state index in [0.29, 0.717) is 11.3 Å². The second-order valence-electron chi connectivity index (χ2n) is 5.34. The highest BCUT2D eigenvalue weighted by Gasteiger charge is 2.08. The Labute approximate surface area is 144 Å². The van der Waals surface area contributed by atoms with Crippen LogP contribution in [0, 0.1) is 0 Å². The molecule has 2 aromatic rings. The molecule has 120 valence electrons. The Balaban J connectivity index is 1.84. The Morgan fingerprint density at radius 3 is 2.22 bits per heavy atom. The van der Waals surface area contributed by atoms with Gasteiger partial charge in [-0.3, -0.25) is 9.59 Å². The molecule has 0 aliphatic rings. The summed E-state index contributed by atoms with van der Waals surface area (Å²) in [6, 6.07) is 14.9. The first-order chi connectivity index (χ1) is 11.0. The number of ketones is 1. The third-order valence-electron chi connectivity index (χ3n) is 3.51. The van der Waals surface area contributed by atoms with Crippen LogP contribution in [0.4, 0.5) is 5.69 Å². The van der Waals surface area contributed by atoms with Crippen LogP contribution in [-0.2, 0) is 4.79 Å².